The molecule has 0 aliphatic carbocycles. The standard InChI is InChI=1S/C10H12N2O3/c1-2-15-10(14)8-5-7(6-12-8)3-4-9(11)13/h3-6,12H,2H2,1H3,(H2,11,13). The summed E-state index contributed by atoms with van der Waals surface area (Å²) in [6, 6.07) is 1.58. The number of amides is 1. The molecule has 0 saturated heterocycles. The maximum Gasteiger partial charge on any atom is 0.354 e. The van der Waals surface area contributed by atoms with Crippen molar-refractivity contribution in [2.75, 3.05) is 6.61 Å². The number of carbonyl (C=O) groups excluding carboxylic acids is 2. The Kier molecular flexibility index (Phi) is 3.68. The number of H-pyrrole nitrogens is 1. The van der Waals surface area contributed by atoms with Crippen LogP contribution in [-0.2, 0) is 9.53 Å². The summed E-state index contributed by atoms with van der Waals surface area (Å²) in [5, 5.41) is 0. The van der Waals surface area contributed by atoms with Crippen molar-refractivity contribution in [3.8, 4) is 0 Å². The number of nitrogens with two attached hydrogens (primary N) is 1. The van der Waals surface area contributed by atoms with Crippen LogP contribution in [-0.4, -0.2) is 23.5 Å². The Morgan fingerprint density at radius 3 is 2.93 bits per heavy atom. The van der Waals surface area contributed by atoms with E-state index in [-0.39, 0.29) is 0 Å². The van der Waals surface area contributed by atoms with Crippen molar-refractivity contribution in [3.05, 3.63) is 29.6 Å². The predicted octanol–water partition coefficient (Wildman–Crippen LogP) is 0.690. The molecule has 5 nitrogen and oxygen atoms in total. The number of esters is 1. The number of rotatable bonds is 4. The molecule has 0 atom stereocenters. The highest BCUT2D eigenvalue weighted by molar-refractivity contribution is 5.91. The molecule has 0 aliphatic heterocycles. The van der Waals surface area contributed by atoms with Gasteiger partial charge in [-0.25, -0.2) is 4.79 Å². The van der Waals surface area contributed by atoms with E-state index >= 15 is 0 Å². The molecule has 1 rings (SSSR count). The molecule has 1 heterocycles. The average Bonchev–Trinajstić information content (AvgIpc) is 2.63. The van der Waals surface area contributed by atoms with Crippen molar-refractivity contribution in [2.24, 2.45) is 5.73 Å². The van der Waals surface area contributed by atoms with Crippen LogP contribution in [0.2, 0.25) is 0 Å². The molecular weight excluding hydrogens is 196 g/mol. The number of carbonyl (C=O) groups is 2. The third kappa shape index (κ3) is 3.30. The Morgan fingerprint density at radius 1 is 1.60 bits per heavy atom. The lowest BCUT2D eigenvalue weighted by atomic mass is 10.3. The zero-order valence-electron chi connectivity index (χ0n) is 8.32. The minimum absolute atomic E-state index is 0.324. The Bertz CT molecular complexity index is 393. The average molecular weight is 208 g/mol. The normalized spacial score (nSPS) is 10.5. The molecule has 5 heteroatoms. The molecule has 0 aromatic carbocycles. The van der Waals surface area contributed by atoms with Crippen molar-refractivity contribution in [2.45, 2.75) is 6.92 Å². The van der Waals surface area contributed by atoms with Gasteiger partial charge in [0, 0.05) is 12.3 Å². The van der Waals surface area contributed by atoms with Crippen molar-refractivity contribution in [3.63, 3.8) is 0 Å². The second-order valence-corrected chi connectivity index (χ2v) is 2.80. The second kappa shape index (κ2) is 4.99. The van der Waals surface area contributed by atoms with E-state index in [0.717, 1.165) is 0 Å². The maximum absolute atomic E-state index is 11.2. The fourth-order valence-electron chi connectivity index (χ4n) is 1.01. The minimum atomic E-state index is -0.533. The number of hydrogen-bond acceptors (Lipinski definition) is 3. The first kappa shape index (κ1) is 11.0. The van der Waals surface area contributed by atoms with E-state index in [0.29, 0.717) is 17.9 Å². The fourth-order valence-corrected chi connectivity index (χ4v) is 1.01. The topological polar surface area (TPSA) is 85.2 Å². The van der Waals surface area contributed by atoms with Gasteiger partial charge in [0.1, 0.15) is 5.69 Å². The SMILES string of the molecule is CCOC(=O)c1cc(C=CC(N)=O)c[nH]1. The molecule has 1 amide bonds. The number of hydrogen-bond donors (Lipinski definition) is 2. The first-order chi connectivity index (χ1) is 7.13. The van der Waals surface area contributed by atoms with E-state index in [1.807, 2.05) is 0 Å². The predicted molar refractivity (Wildman–Crippen MR) is 55.0 cm³/mol. The van der Waals surface area contributed by atoms with Gasteiger partial charge in [-0.1, -0.05) is 0 Å². The summed E-state index contributed by atoms with van der Waals surface area (Å²) in [5.74, 6) is -0.954. The Hall–Kier alpha value is -2.04. The summed E-state index contributed by atoms with van der Waals surface area (Å²) in [5.41, 5.74) is 5.97. The number of nitrogens with one attached hydrogen (secondary N) is 1. The van der Waals surface area contributed by atoms with Gasteiger partial charge >= 0.3 is 5.97 Å². The minimum Gasteiger partial charge on any atom is -0.461 e. The van der Waals surface area contributed by atoms with E-state index < -0.39 is 11.9 Å². The molecule has 0 aliphatic rings. The molecule has 0 radical (unpaired) electrons. The van der Waals surface area contributed by atoms with Crippen LogP contribution in [0.3, 0.4) is 0 Å². The number of primary amides is 1. The lowest BCUT2D eigenvalue weighted by Crippen LogP contribution is -2.05. The second-order valence-electron chi connectivity index (χ2n) is 2.80. The molecule has 1 aromatic heterocycles. The largest absolute Gasteiger partial charge is 0.461 e. The maximum atomic E-state index is 11.2. The summed E-state index contributed by atoms with van der Waals surface area (Å²) < 4.78 is 4.78. The highest BCUT2D eigenvalue weighted by Crippen LogP contribution is 2.06. The van der Waals surface area contributed by atoms with Crippen LogP contribution in [0.25, 0.3) is 6.08 Å². The monoisotopic (exact) mass is 208 g/mol. The van der Waals surface area contributed by atoms with Crippen LogP contribution in [0.4, 0.5) is 0 Å². The van der Waals surface area contributed by atoms with E-state index in [1.54, 1.807) is 19.2 Å². The van der Waals surface area contributed by atoms with Crippen LogP contribution in [0.5, 0.6) is 0 Å². The summed E-state index contributed by atoms with van der Waals surface area (Å²) in [4.78, 5) is 24.4. The number of aromatic amines is 1. The Labute approximate surface area is 86.9 Å². The quantitative estimate of drug-likeness (QED) is 0.564. The molecule has 1 aromatic rings. The first-order valence-corrected chi connectivity index (χ1v) is 4.46. The Morgan fingerprint density at radius 2 is 2.33 bits per heavy atom. The smallest absolute Gasteiger partial charge is 0.354 e. The summed E-state index contributed by atoms with van der Waals surface area (Å²) >= 11 is 0. The zero-order chi connectivity index (χ0) is 11.3. The van der Waals surface area contributed by atoms with Crippen molar-refractivity contribution in [1.29, 1.82) is 0 Å². The van der Waals surface area contributed by atoms with Crippen LogP contribution in [0.1, 0.15) is 23.0 Å². The molecule has 3 N–H and O–H groups in total. The van der Waals surface area contributed by atoms with Crippen molar-refractivity contribution < 1.29 is 14.3 Å². The van der Waals surface area contributed by atoms with E-state index in [1.165, 1.54) is 12.2 Å². The summed E-state index contributed by atoms with van der Waals surface area (Å²) in [7, 11) is 0. The first-order valence-electron chi connectivity index (χ1n) is 4.46. The summed E-state index contributed by atoms with van der Waals surface area (Å²) in [6.45, 7) is 2.05. The van der Waals surface area contributed by atoms with Crippen molar-refractivity contribution >= 4 is 18.0 Å². The fraction of sp³-hybridized carbons (Fsp3) is 0.200. The van der Waals surface area contributed by atoms with Crippen LogP contribution >= 0.6 is 0 Å². The van der Waals surface area contributed by atoms with Gasteiger partial charge in [0.25, 0.3) is 0 Å². The van der Waals surface area contributed by atoms with Gasteiger partial charge < -0.3 is 15.5 Å². The van der Waals surface area contributed by atoms with Gasteiger partial charge in [-0.15, -0.1) is 0 Å². The van der Waals surface area contributed by atoms with Gasteiger partial charge in [0.15, 0.2) is 0 Å². The van der Waals surface area contributed by atoms with E-state index in [9.17, 15) is 9.59 Å². The third-order valence-electron chi connectivity index (χ3n) is 1.64. The molecule has 15 heavy (non-hydrogen) atoms. The van der Waals surface area contributed by atoms with E-state index in [2.05, 4.69) is 4.98 Å². The van der Waals surface area contributed by atoms with Gasteiger partial charge in [0.2, 0.25) is 5.91 Å². The molecule has 0 saturated carbocycles. The molecular formula is C10H12N2O3. The zero-order valence-corrected chi connectivity index (χ0v) is 8.32. The highest BCUT2D eigenvalue weighted by atomic mass is 16.5. The molecule has 80 valence electrons. The number of ether oxygens (including phenoxy) is 1. The molecule has 0 unspecified atom stereocenters. The van der Waals surface area contributed by atoms with E-state index in [4.69, 9.17) is 10.5 Å². The van der Waals surface area contributed by atoms with Crippen molar-refractivity contribution in [1.82, 2.24) is 4.98 Å². The number of aromatic nitrogens is 1. The Balaban J connectivity index is 2.72. The van der Waals surface area contributed by atoms with Crippen LogP contribution in [0, 0.1) is 0 Å². The molecule has 0 fully saturated rings. The van der Waals surface area contributed by atoms with Gasteiger partial charge in [-0.3, -0.25) is 4.79 Å². The van der Waals surface area contributed by atoms with Crippen LogP contribution < -0.4 is 5.73 Å². The highest BCUT2D eigenvalue weighted by Gasteiger charge is 2.07. The lowest BCUT2D eigenvalue weighted by molar-refractivity contribution is -0.113. The van der Waals surface area contributed by atoms with Gasteiger partial charge in [-0.05, 0) is 24.6 Å². The summed E-state index contributed by atoms with van der Waals surface area (Å²) in [6.07, 6.45) is 4.32. The van der Waals surface area contributed by atoms with Gasteiger partial charge in [0.05, 0.1) is 6.61 Å². The molecule has 0 spiro atoms. The lowest BCUT2D eigenvalue weighted by Gasteiger charge is -1.96. The third-order valence-corrected chi connectivity index (χ3v) is 1.64. The van der Waals surface area contributed by atoms with Crippen LogP contribution in [0.15, 0.2) is 18.3 Å². The van der Waals surface area contributed by atoms with Gasteiger partial charge in [-0.2, -0.15) is 0 Å². The molecule has 0 bridgehead atoms.